The summed E-state index contributed by atoms with van der Waals surface area (Å²) in [6, 6.07) is -0.780. The van der Waals surface area contributed by atoms with Crippen molar-refractivity contribution < 1.29 is 14.3 Å². The lowest BCUT2D eigenvalue weighted by Crippen LogP contribution is -2.45. The Morgan fingerprint density at radius 3 is 2.33 bits per heavy atom. The predicted octanol–water partition coefficient (Wildman–Crippen LogP) is 0.897. The summed E-state index contributed by atoms with van der Waals surface area (Å²) in [6.07, 6.45) is 5.20. The van der Waals surface area contributed by atoms with Gasteiger partial charge in [-0.1, -0.05) is 19.3 Å². The zero-order valence-electron chi connectivity index (χ0n) is 9.41. The Morgan fingerprint density at radius 1 is 1.27 bits per heavy atom. The highest BCUT2D eigenvalue weighted by atomic mass is 16.5. The van der Waals surface area contributed by atoms with Crippen LogP contribution in [0, 0.1) is 5.92 Å². The molecule has 0 aromatic heterocycles. The molecule has 1 rings (SSSR count). The van der Waals surface area contributed by atoms with E-state index in [2.05, 4.69) is 10.1 Å². The highest BCUT2D eigenvalue weighted by Crippen LogP contribution is 2.25. The van der Waals surface area contributed by atoms with E-state index in [-0.39, 0.29) is 11.7 Å². The molecular weight excluding hydrogens is 194 g/mol. The van der Waals surface area contributed by atoms with Crippen LogP contribution in [-0.4, -0.2) is 32.0 Å². The van der Waals surface area contributed by atoms with Gasteiger partial charge in [-0.3, -0.25) is 4.79 Å². The maximum Gasteiger partial charge on any atom is 0.330 e. The lowest BCUT2D eigenvalue weighted by molar-refractivity contribution is -0.147. The van der Waals surface area contributed by atoms with Crippen LogP contribution in [0.1, 0.15) is 32.1 Å². The molecule has 0 saturated heterocycles. The first-order chi connectivity index (χ1) is 7.20. The van der Waals surface area contributed by atoms with Crippen molar-refractivity contribution in [1.82, 2.24) is 5.32 Å². The van der Waals surface area contributed by atoms with Crippen molar-refractivity contribution in [3.8, 4) is 0 Å². The van der Waals surface area contributed by atoms with E-state index in [1.54, 1.807) is 7.05 Å². The molecule has 0 amide bonds. The van der Waals surface area contributed by atoms with Crippen LogP contribution in [0.15, 0.2) is 0 Å². The SMILES string of the molecule is CNC(C(=O)OC)C(=O)C1CCCCC1. The summed E-state index contributed by atoms with van der Waals surface area (Å²) in [5.74, 6) is -0.451. The van der Waals surface area contributed by atoms with E-state index in [4.69, 9.17) is 0 Å². The van der Waals surface area contributed by atoms with Crippen LogP contribution in [0.2, 0.25) is 0 Å². The Morgan fingerprint density at radius 2 is 1.87 bits per heavy atom. The number of ether oxygens (including phenoxy) is 1. The first-order valence-corrected chi connectivity index (χ1v) is 5.49. The molecule has 1 aliphatic carbocycles. The number of hydrogen-bond donors (Lipinski definition) is 1. The monoisotopic (exact) mass is 213 g/mol. The Balaban J connectivity index is 2.58. The average molecular weight is 213 g/mol. The van der Waals surface area contributed by atoms with E-state index in [1.807, 2.05) is 0 Å². The number of likely N-dealkylation sites (N-methyl/N-ethyl adjacent to an activating group) is 1. The molecule has 1 atom stereocenters. The Hall–Kier alpha value is -0.900. The minimum absolute atomic E-state index is 0.0101. The van der Waals surface area contributed by atoms with Crippen molar-refractivity contribution in [1.29, 1.82) is 0 Å². The van der Waals surface area contributed by atoms with E-state index in [9.17, 15) is 9.59 Å². The second-order valence-electron chi connectivity index (χ2n) is 3.98. The molecule has 4 heteroatoms. The molecule has 1 unspecified atom stereocenters. The van der Waals surface area contributed by atoms with Gasteiger partial charge in [0.25, 0.3) is 0 Å². The third kappa shape index (κ3) is 3.02. The fourth-order valence-electron chi connectivity index (χ4n) is 2.12. The molecule has 1 aliphatic rings. The van der Waals surface area contributed by atoms with Gasteiger partial charge in [0.15, 0.2) is 11.8 Å². The van der Waals surface area contributed by atoms with Crippen molar-refractivity contribution in [2.45, 2.75) is 38.1 Å². The Kier molecular flexibility index (Phi) is 4.75. The van der Waals surface area contributed by atoms with Crippen LogP contribution >= 0.6 is 0 Å². The second-order valence-corrected chi connectivity index (χ2v) is 3.98. The zero-order chi connectivity index (χ0) is 11.3. The van der Waals surface area contributed by atoms with Crippen molar-refractivity contribution in [3.63, 3.8) is 0 Å². The highest BCUT2D eigenvalue weighted by molar-refractivity contribution is 6.04. The van der Waals surface area contributed by atoms with Gasteiger partial charge in [0, 0.05) is 5.92 Å². The number of hydrogen-bond acceptors (Lipinski definition) is 4. The number of esters is 1. The number of carbonyl (C=O) groups is 2. The van der Waals surface area contributed by atoms with Gasteiger partial charge in [0.1, 0.15) is 0 Å². The first-order valence-electron chi connectivity index (χ1n) is 5.49. The molecule has 15 heavy (non-hydrogen) atoms. The largest absolute Gasteiger partial charge is 0.468 e. The molecule has 0 aliphatic heterocycles. The maximum absolute atomic E-state index is 12.0. The zero-order valence-corrected chi connectivity index (χ0v) is 9.41. The molecule has 0 spiro atoms. The van der Waals surface area contributed by atoms with E-state index >= 15 is 0 Å². The summed E-state index contributed by atoms with van der Waals surface area (Å²) in [4.78, 5) is 23.3. The van der Waals surface area contributed by atoms with Crippen LogP contribution in [0.25, 0.3) is 0 Å². The highest BCUT2D eigenvalue weighted by Gasteiger charge is 2.32. The van der Waals surface area contributed by atoms with Gasteiger partial charge < -0.3 is 10.1 Å². The topological polar surface area (TPSA) is 55.4 Å². The van der Waals surface area contributed by atoms with E-state index in [1.165, 1.54) is 13.5 Å². The lowest BCUT2D eigenvalue weighted by atomic mass is 9.84. The third-order valence-corrected chi connectivity index (χ3v) is 3.02. The normalized spacial score (nSPS) is 19.6. The van der Waals surface area contributed by atoms with Crippen molar-refractivity contribution in [2.24, 2.45) is 5.92 Å². The lowest BCUT2D eigenvalue weighted by Gasteiger charge is -2.23. The number of carbonyl (C=O) groups excluding carboxylic acids is 2. The van der Waals surface area contributed by atoms with Crippen LogP contribution < -0.4 is 5.32 Å². The molecule has 0 bridgehead atoms. The van der Waals surface area contributed by atoms with Gasteiger partial charge >= 0.3 is 5.97 Å². The van der Waals surface area contributed by atoms with Crippen LogP contribution in [0.3, 0.4) is 0 Å². The number of rotatable bonds is 4. The quantitative estimate of drug-likeness (QED) is 0.557. The first kappa shape index (κ1) is 12.2. The van der Waals surface area contributed by atoms with Gasteiger partial charge in [0.05, 0.1) is 7.11 Å². The molecule has 1 saturated carbocycles. The molecular formula is C11H19NO3. The predicted molar refractivity (Wildman–Crippen MR) is 56.4 cm³/mol. The second kappa shape index (κ2) is 5.85. The standard InChI is InChI=1S/C11H19NO3/c1-12-9(11(14)15-2)10(13)8-6-4-3-5-7-8/h8-9,12H,3-7H2,1-2H3. The summed E-state index contributed by atoms with van der Waals surface area (Å²) in [6.45, 7) is 0. The Bertz CT molecular complexity index is 234. The smallest absolute Gasteiger partial charge is 0.330 e. The summed E-state index contributed by atoms with van der Waals surface area (Å²) >= 11 is 0. The summed E-state index contributed by atoms with van der Waals surface area (Å²) in [5, 5.41) is 2.73. The van der Waals surface area contributed by atoms with Crippen LogP contribution in [-0.2, 0) is 14.3 Å². The minimum Gasteiger partial charge on any atom is -0.468 e. The van der Waals surface area contributed by atoms with E-state index < -0.39 is 12.0 Å². The number of Topliss-reactive ketones (excluding diaryl/α,β-unsaturated/α-hetero) is 1. The fraction of sp³-hybridized carbons (Fsp3) is 0.818. The van der Waals surface area contributed by atoms with Crippen molar-refractivity contribution in [2.75, 3.05) is 14.2 Å². The molecule has 0 aromatic rings. The van der Waals surface area contributed by atoms with Crippen LogP contribution in [0.4, 0.5) is 0 Å². The van der Waals surface area contributed by atoms with Gasteiger partial charge in [-0.2, -0.15) is 0 Å². The van der Waals surface area contributed by atoms with Crippen LogP contribution in [0.5, 0.6) is 0 Å². The minimum atomic E-state index is -0.780. The maximum atomic E-state index is 12.0. The summed E-state index contributed by atoms with van der Waals surface area (Å²) < 4.78 is 4.59. The van der Waals surface area contributed by atoms with E-state index in [0.29, 0.717) is 0 Å². The summed E-state index contributed by atoms with van der Waals surface area (Å²) in [5.41, 5.74) is 0. The average Bonchev–Trinajstić information content (AvgIpc) is 2.30. The number of methoxy groups -OCH3 is 1. The fourth-order valence-corrected chi connectivity index (χ4v) is 2.12. The van der Waals surface area contributed by atoms with Gasteiger partial charge in [0.2, 0.25) is 0 Å². The summed E-state index contributed by atoms with van der Waals surface area (Å²) in [7, 11) is 2.92. The van der Waals surface area contributed by atoms with Gasteiger partial charge in [-0.15, -0.1) is 0 Å². The molecule has 86 valence electrons. The molecule has 0 aromatic carbocycles. The van der Waals surface area contributed by atoms with Gasteiger partial charge in [-0.25, -0.2) is 4.79 Å². The van der Waals surface area contributed by atoms with Crippen molar-refractivity contribution >= 4 is 11.8 Å². The molecule has 1 N–H and O–H groups in total. The van der Waals surface area contributed by atoms with Gasteiger partial charge in [-0.05, 0) is 19.9 Å². The molecule has 0 heterocycles. The molecule has 0 radical (unpaired) electrons. The number of nitrogens with one attached hydrogen (secondary N) is 1. The third-order valence-electron chi connectivity index (χ3n) is 3.02. The number of ketones is 1. The molecule has 1 fully saturated rings. The molecule has 4 nitrogen and oxygen atoms in total. The Labute approximate surface area is 90.4 Å². The van der Waals surface area contributed by atoms with E-state index in [0.717, 1.165) is 25.7 Å². The van der Waals surface area contributed by atoms with Crippen molar-refractivity contribution in [3.05, 3.63) is 0 Å².